The molecule has 136 valence electrons. The summed E-state index contributed by atoms with van der Waals surface area (Å²) >= 11 is 0. The minimum atomic E-state index is -0.686. The third-order valence-corrected chi connectivity index (χ3v) is 4.34. The predicted molar refractivity (Wildman–Crippen MR) is 91.4 cm³/mol. The molecular weight excluding hydrogens is 324 g/mol. The molecule has 0 heterocycles. The number of para-hydroxylation sites is 1. The van der Waals surface area contributed by atoms with E-state index in [1.54, 1.807) is 18.2 Å². The zero-order valence-corrected chi connectivity index (χ0v) is 14.5. The van der Waals surface area contributed by atoms with Gasteiger partial charge in [-0.15, -0.1) is 0 Å². The molecule has 7 nitrogen and oxygen atoms in total. The molecule has 1 saturated carbocycles. The standard InChI is InChI=1S/C18H24N2O5/c1-12-7-3-5-9-14(12)19-18(23)20-16(21)11-25-17(22)13-8-4-6-10-15(13)24-2/h4,6,8,10,12,14H,3,5,7,9,11H2,1-2H3,(H2,19,20,21,23)/t12-,14-/m1/s1. The summed E-state index contributed by atoms with van der Waals surface area (Å²) < 4.78 is 10.0. The Morgan fingerprint density at radius 2 is 1.88 bits per heavy atom. The van der Waals surface area contributed by atoms with E-state index < -0.39 is 24.5 Å². The summed E-state index contributed by atoms with van der Waals surface area (Å²) in [5, 5.41) is 4.99. The number of urea groups is 1. The topological polar surface area (TPSA) is 93.7 Å². The molecule has 2 atom stereocenters. The van der Waals surface area contributed by atoms with Gasteiger partial charge in [0.1, 0.15) is 11.3 Å². The van der Waals surface area contributed by atoms with Crippen LogP contribution in [0.4, 0.5) is 4.79 Å². The summed E-state index contributed by atoms with van der Waals surface area (Å²) in [4.78, 5) is 35.7. The maximum atomic E-state index is 12.0. The fraction of sp³-hybridized carbons (Fsp3) is 0.500. The third-order valence-electron chi connectivity index (χ3n) is 4.34. The highest BCUT2D eigenvalue weighted by atomic mass is 16.5. The SMILES string of the molecule is COc1ccccc1C(=O)OCC(=O)NC(=O)N[C@@H]1CCCC[C@H]1C. The first-order valence-corrected chi connectivity index (χ1v) is 8.41. The lowest BCUT2D eigenvalue weighted by Crippen LogP contribution is -2.48. The number of benzene rings is 1. The average molecular weight is 348 g/mol. The maximum Gasteiger partial charge on any atom is 0.342 e. The van der Waals surface area contributed by atoms with E-state index in [1.807, 2.05) is 0 Å². The second-order valence-electron chi connectivity index (χ2n) is 6.17. The van der Waals surface area contributed by atoms with Gasteiger partial charge in [-0.05, 0) is 30.9 Å². The van der Waals surface area contributed by atoms with Gasteiger partial charge in [-0.3, -0.25) is 10.1 Å². The first-order valence-electron chi connectivity index (χ1n) is 8.41. The van der Waals surface area contributed by atoms with Crippen molar-refractivity contribution in [1.29, 1.82) is 0 Å². The Morgan fingerprint density at radius 1 is 1.16 bits per heavy atom. The van der Waals surface area contributed by atoms with E-state index >= 15 is 0 Å². The van der Waals surface area contributed by atoms with Gasteiger partial charge in [-0.1, -0.05) is 31.9 Å². The average Bonchev–Trinajstić information content (AvgIpc) is 2.61. The Hall–Kier alpha value is -2.57. The predicted octanol–water partition coefficient (Wildman–Crippen LogP) is 2.26. The molecule has 25 heavy (non-hydrogen) atoms. The molecule has 2 rings (SSSR count). The van der Waals surface area contributed by atoms with E-state index in [2.05, 4.69) is 17.6 Å². The van der Waals surface area contributed by atoms with Crippen LogP contribution in [0.1, 0.15) is 43.0 Å². The molecule has 0 saturated heterocycles. The van der Waals surface area contributed by atoms with Crippen LogP contribution in [0, 0.1) is 5.92 Å². The Morgan fingerprint density at radius 3 is 2.60 bits per heavy atom. The van der Waals surface area contributed by atoms with Crippen LogP contribution in [0.25, 0.3) is 0 Å². The van der Waals surface area contributed by atoms with Crippen molar-refractivity contribution in [3.8, 4) is 5.75 Å². The van der Waals surface area contributed by atoms with E-state index in [0.29, 0.717) is 11.7 Å². The van der Waals surface area contributed by atoms with Gasteiger partial charge in [0.25, 0.3) is 5.91 Å². The molecular formula is C18H24N2O5. The van der Waals surface area contributed by atoms with Crippen molar-refractivity contribution in [2.45, 2.75) is 38.6 Å². The number of methoxy groups -OCH3 is 1. The van der Waals surface area contributed by atoms with E-state index in [0.717, 1.165) is 19.3 Å². The molecule has 0 aliphatic heterocycles. The quantitative estimate of drug-likeness (QED) is 0.796. The fourth-order valence-corrected chi connectivity index (χ4v) is 2.92. The van der Waals surface area contributed by atoms with Crippen molar-refractivity contribution in [2.24, 2.45) is 5.92 Å². The second-order valence-corrected chi connectivity index (χ2v) is 6.17. The van der Waals surface area contributed by atoms with E-state index in [4.69, 9.17) is 9.47 Å². The lowest BCUT2D eigenvalue weighted by atomic mass is 9.86. The van der Waals surface area contributed by atoms with Crippen molar-refractivity contribution in [3.63, 3.8) is 0 Å². The van der Waals surface area contributed by atoms with E-state index in [9.17, 15) is 14.4 Å². The number of nitrogens with one attached hydrogen (secondary N) is 2. The number of carbonyl (C=O) groups is 3. The van der Waals surface area contributed by atoms with Crippen molar-refractivity contribution in [1.82, 2.24) is 10.6 Å². The van der Waals surface area contributed by atoms with Gasteiger partial charge in [0.05, 0.1) is 7.11 Å². The van der Waals surface area contributed by atoms with Crippen LogP contribution in [0.5, 0.6) is 5.75 Å². The van der Waals surface area contributed by atoms with Crippen LogP contribution >= 0.6 is 0 Å². The van der Waals surface area contributed by atoms with Gasteiger partial charge in [0, 0.05) is 6.04 Å². The van der Waals surface area contributed by atoms with E-state index in [-0.39, 0.29) is 11.6 Å². The summed E-state index contributed by atoms with van der Waals surface area (Å²) in [6.45, 7) is 1.55. The molecule has 1 aliphatic rings. The van der Waals surface area contributed by atoms with E-state index in [1.165, 1.54) is 19.6 Å². The highest BCUT2D eigenvalue weighted by Crippen LogP contribution is 2.23. The lowest BCUT2D eigenvalue weighted by Gasteiger charge is -2.29. The Kier molecular flexibility index (Phi) is 6.80. The van der Waals surface area contributed by atoms with Gasteiger partial charge in [-0.2, -0.15) is 0 Å². The molecule has 1 fully saturated rings. The highest BCUT2D eigenvalue weighted by molar-refractivity contribution is 5.97. The normalized spacial score (nSPS) is 19.6. The lowest BCUT2D eigenvalue weighted by molar-refractivity contribution is -0.123. The molecule has 0 bridgehead atoms. The zero-order chi connectivity index (χ0) is 18.2. The summed E-state index contributed by atoms with van der Waals surface area (Å²) in [5.41, 5.74) is 0.221. The van der Waals surface area contributed by atoms with Crippen LogP contribution in [0.2, 0.25) is 0 Å². The summed E-state index contributed by atoms with van der Waals surface area (Å²) in [6, 6.07) is 6.05. The van der Waals surface area contributed by atoms with Crippen molar-refractivity contribution < 1.29 is 23.9 Å². The van der Waals surface area contributed by atoms with Crippen LogP contribution in [0.3, 0.4) is 0 Å². The number of hydrogen-bond donors (Lipinski definition) is 2. The smallest absolute Gasteiger partial charge is 0.342 e. The summed E-state index contributed by atoms with van der Waals surface area (Å²) in [7, 11) is 1.44. The van der Waals surface area contributed by atoms with Gasteiger partial charge in [0.15, 0.2) is 6.61 Å². The van der Waals surface area contributed by atoms with Crippen molar-refractivity contribution in [2.75, 3.05) is 13.7 Å². The first-order chi connectivity index (χ1) is 12.0. The number of esters is 1. The number of imide groups is 1. The summed E-state index contributed by atoms with van der Waals surface area (Å²) in [6.07, 6.45) is 4.21. The number of hydrogen-bond acceptors (Lipinski definition) is 5. The Labute approximate surface area is 147 Å². The number of ether oxygens (including phenoxy) is 2. The number of amides is 3. The minimum absolute atomic E-state index is 0.0673. The second kappa shape index (κ2) is 9.05. The monoisotopic (exact) mass is 348 g/mol. The first kappa shape index (κ1) is 18.8. The molecule has 0 spiro atoms. The van der Waals surface area contributed by atoms with Crippen molar-refractivity contribution in [3.05, 3.63) is 29.8 Å². The van der Waals surface area contributed by atoms with Gasteiger partial charge in [-0.25, -0.2) is 9.59 Å². The molecule has 7 heteroatoms. The number of carbonyl (C=O) groups excluding carboxylic acids is 3. The molecule has 3 amide bonds. The van der Waals surface area contributed by atoms with Crippen LogP contribution < -0.4 is 15.4 Å². The molecule has 1 aromatic rings. The minimum Gasteiger partial charge on any atom is -0.496 e. The molecule has 2 N–H and O–H groups in total. The maximum absolute atomic E-state index is 12.0. The highest BCUT2D eigenvalue weighted by Gasteiger charge is 2.23. The largest absolute Gasteiger partial charge is 0.496 e. The van der Waals surface area contributed by atoms with Gasteiger partial charge >= 0.3 is 12.0 Å². The number of rotatable bonds is 5. The zero-order valence-electron chi connectivity index (χ0n) is 14.5. The Balaban J connectivity index is 1.78. The van der Waals surface area contributed by atoms with Crippen LogP contribution in [-0.4, -0.2) is 37.7 Å². The molecule has 0 unspecified atom stereocenters. The molecule has 1 aliphatic carbocycles. The molecule has 0 aromatic heterocycles. The third kappa shape index (κ3) is 5.48. The Bertz CT molecular complexity index is 632. The van der Waals surface area contributed by atoms with Gasteiger partial charge in [0.2, 0.25) is 0 Å². The fourth-order valence-electron chi connectivity index (χ4n) is 2.92. The van der Waals surface area contributed by atoms with Crippen LogP contribution in [0.15, 0.2) is 24.3 Å². The molecule has 1 aromatic carbocycles. The van der Waals surface area contributed by atoms with Crippen molar-refractivity contribution >= 4 is 17.9 Å². The molecule has 0 radical (unpaired) electrons. The van der Waals surface area contributed by atoms with Gasteiger partial charge < -0.3 is 14.8 Å². The summed E-state index contributed by atoms with van der Waals surface area (Å²) in [5.74, 6) is -0.618. The van der Waals surface area contributed by atoms with Crippen LogP contribution in [-0.2, 0) is 9.53 Å².